The molecule has 0 aliphatic rings. The largest absolute Gasteiger partial charge is 0.497 e. The van der Waals surface area contributed by atoms with E-state index in [4.69, 9.17) is 4.74 Å². The topological polar surface area (TPSA) is 9.23 Å². The first-order valence-electron chi connectivity index (χ1n) is 5.59. The molecule has 1 nitrogen and oxygen atoms in total. The number of hydrogen-bond donors (Lipinski definition) is 0. The summed E-state index contributed by atoms with van der Waals surface area (Å²) in [6, 6.07) is 11.3. The Hall–Kier alpha value is -1.14. The minimum atomic E-state index is -4.37. The van der Waals surface area contributed by atoms with Crippen LogP contribution in [0.25, 0.3) is 0 Å². The molecular formula is C14H10BrF3OS. The molecule has 0 aromatic heterocycles. The molecule has 106 valence electrons. The van der Waals surface area contributed by atoms with Crippen LogP contribution in [-0.4, -0.2) is 7.11 Å². The van der Waals surface area contributed by atoms with Crippen molar-refractivity contribution in [1.82, 2.24) is 0 Å². The van der Waals surface area contributed by atoms with Gasteiger partial charge in [-0.2, -0.15) is 13.2 Å². The number of ether oxygens (including phenoxy) is 1. The van der Waals surface area contributed by atoms with Crippen LogP contribution in [0.5, 0.6) is 5.75 Å². The van der Waals surface area contributed by atoms with Crippen molar-refractivity contribution in [3.63, 3.8) is 0 Å². The number of rotatable bonds is 3. The van der Waals surface area contributed by atoms with Crippen molar-refractivity contribution in [1.29, 1.82) is 0 Å². The summed E-state index contributed by atoms with van der Waals surface area (Å²) in [5.74, 6) is 0.709. The summed E-state index contributed by atoms with van der Waals surface area (Å²) in [4.78, 5) is 1.38. The van der Waals surface area contributed by atoms with Crippen LogP contribution in [0.3, 0.4) is 0 Å². The van der Waals surface area contributed by atoms with E-state index in [1.54, 1.807) is 37.4 Å². The van der Waals surface area contributed by atoms with Gasteiger partial charge in [-0.3, -0.25) is 0 Å². The molecule has 0 aliphatic heterocycles. The van der Waals surface area contributed by atoms with Gasteiger partial charge in [-0.1, -0.05) is 27.7 Å². The lowest BCUT2D eigenvalue weighted by atomic mass is 10.2. The minimum absolute atomic E-state index is 0.0454. The van der Waals surface area contributed by atoms with Crippen LogP contribution < -0.4 is 4.74 Å². The zero-order valence-corrected chi connectivity index (χ0v) is 12.8. The number of hydrogen-bond acceptors (Lipinski definition) is 2. The third kappa shape index (κ3) is 3.70. The third-order valence-electron chi connectivity index (χ3n) is 2.54. The highest BCUT2D eigenvalue weighted by Gasteiger charge is 2.33. The highest BCUT2D eigenvalue weighted by Crippen LogP contribution is 2.38. The molecule has 0 fully saturated rings. The molecule has 0 radical (unpaired) electrons. The molecule has 0 atom stereocenters. The van der Waals surface area contributed by atoms with Gasteiger partial charge in [0.2, 0.25) is 0 Å². The standard InChI is InChI=1S/C14H10BrF3OS/c1-19-9-2-4-10(5-3-9)20-11-6-7-13(15)12(8-11)14(16,17)18/h2-8H,1H3. The van der Waals surface area contributed by atoms with Crippen molar-refractivity contribution < 1.29 is 17.9 Å². The van der Waals surface area contributed by atoms with Crippen LogP contribution in [0.1, 0.15) is 5.56 Å². The van der Waals surface area contributed by atoms with Crippen molar-refractivity contribution in [2.45, 2.75) is 16.0 Å². The number of benzene rings is 2. The summed E-state index contributed by atoms with van der Waals surface area (Å²) in [5, 5.41) is 0. The lowest BCUT2D eigenvalue weighted by molar-refractivity contribution is -0.138. The van der Waals surface area contributed by atoms with Crippen molar-refractivity contribution >= 4 is 27.7 Å². The lowest BCUT2D eigenvalue weighted by Gasteiger charge is -2.11. The van der Waals surface area contributed by atoms with Gasteiger partial charge in [-0.15, -0.1) is 0 Å². The van der Waals surface area contributed by atoms with Gasteiger partial charge in [0.05, 0.1) is 12.7 Å². The van der Waals surface area contributed by atoms with Gasteiger partial charge >= 0.3 is 6.18 Å². The van der Waals surface area contributed by atoms with Crippen LogP contribution in [0.4, 0.5) is 13.2 Å². The summed E-state index contributed by atoms with van der Waals surface area (Å²) < 4.78 is 43.5. The van der Waals surface area contributed by atoms with Crippen molar-refractivity contribution in [2.75, 3.05) is 7.11 Å². The molecule has 20 heavy (non-hydrogen) atoms. The Kier molecular flexibility index (Phi) is 4.65. The summed E-state index contributed by atoms with van der Waals surface area (Å²) in [6.45, 7) is 0. The molecule has 2 rings (SSSR count). The second kappa shape index (κ2) is 6.10. The average molecular weight is 363 g/mol. The molecule has 6 heteroatoms. The van der Waals surface area contributed by atoms with Crippen LogP contribution >= 0.6 is 27.7 Å². The molecule has 2 aromatic rings. The fraction of sp³-hybridized carbons (Fsp3) is 0.143. The Bertz CT molecular complexity index is 596. The van der Waals surface area contributed by atoms with Gasteiger partial charge < -0.3 is 4.74 Å². The number of methoxy groups -OCH3 is 1. The van der Waals surface area contributed by atoms with Crippen LogP contribution in [-0.2, 0) is 6.18 Å². The van der Waals surface area contributed by atoms with Gasteiger partial charge in [-0.25, -0.2) is 0 Å². The fourth-order valence-electron chi connectivity index (χ4n) is 1.56. The van der Waals surface area contributed by atoms with E-state index in [0.717, 1.165) is 11.0 Å². The Morgan fingerprint density at radius 3 is 2.15 bits per heavy atom. The molecule has 0 aliphatic carbocycles. The fourth-order valence-corrected chi connectivity index (χ4v) is 2.89. The van der Waals surface area contributed by atoms with Gasteiger partial charge in [0.1, 0.15) is 5.75 Å². The van der Waals surface area contributed by atoms with Crippen LogP contribution in [0.2, 0.25) is 0 Å². The zero-order chi connectivity index (χ0) is 14.8. The molecule has 0 unspecified atom stereocenters. The smallest absolute Gasteiger partial charge is 0.417 e. The normalized spacial score (nSPS) is 11.4. The molecule has 0 heterocycles. The van der Waals surface area contributed by atoms with Gasteiger partial charge in [-0.05, 0) is 42.5 Å². The maximum atomic E-state index is 12.8. The predicted octanol–water partition coefficient (Wildman–Crippen LogP) is 5.63. The first kappa shape index (κ1) is 15.3. The molecule has 0 saturated heterocycles. The third-order valence-corrected chi connectivity index (χ3v) is 4.23. The molecular weight excluding hydrogens is 353 g/mol. The summed E-state index contributed by atoms with van der Waals surface area (Å²) >= 11 is 4.19. The number of halogens is 4. The molecule has 0 bridgehead atoms. The Labute approximate surface area is 127 Å². The van der Waals surface area contributed by atoms with Gasteiger partial charge in [0, 0.05) is 14.3 Å². The quantitative estimate of drug-likeness (QED) is 0.699. The van der Waals surface area contributed by atoms with E-state index in [0.29, 0.717) is 10.6 Å². The van der Waals surface area contributed by atoms with E-state index in [1.807, 2.05) is 0 Å². The van der Waals surface area contributed by atoms with Crippen molar-refractivity contribution in [2.24, 2.45) is 0 Å². The van der Waals surface area contributed by atoms with Gasteiger partial charge in [0.15, 0.2) is 0 Å². The highest BCUT2D eigenvalue weighted by atomic mass is 79.9. The molecule has 0 N–H and O–H groups in total. The Morgan fingerprint density at radius 2 is 1.60 bits per heavy atom. The molecule has 0 spiro atoms. The second-order valence-corrected chi connectivity index (χ2v) is 5.92. The Morgan fingerprint density at radius 1 is 1.00 bits per heavy atom. The Balaban J connectivity index is 2.25. The minimum Gasteiger partial charge on any atom is -0.497 e. The number of alkyl halides is 3. The van der Waals surface area contributed by atoms with Crippen molar-refractivity contribution in [3.8, 4) is 5.75 Å². The predicted molar refractivity (Wildman–Crippen MR) is 76.3 cm³/mol. The van der Waals surface area contributed by atoms with E-state index >= 15 is 0 Å². The first-order chi connectivity index (χ1) is 9.40. The maximum Gasteiger partial charge on any atom is 0.417 e. The van der Waals surface area contributed by atoms with Gasteiger partial charge in [0.25, 0.3) is 0 Å². The van der Waals surface area contributed by atoms with E-state index < -0.39 is 11.7 Å². The molecule has 0 amide bonds. The molecule has 2 aromatic carbocycles. The van der Waals surface area contributed by atoms with Crippen molar-refractivity contribution in [3.05, 3.63) is 52.5 Å². The second-order valence-electron chi connectivity index (χ2n) is 3.92. The monoisotopic (exact) mass is 362 g/mol. The van der Waals surface area contributed by atoms with Crippen LogP contribution in [0, 0.1) is 0 Å². The average Bonchev–Trinajstić information content (AvgIpc) is 2.40. The highest BCUT2D eigenvalue weighted by molar-refractivity contribution is 9.10. The van der Waals surface area contributed by atoms with E-state index in [-0.39, 0.29) is 4.47 Å². The van der Waals surface area contributed by atoms with Crippen LogP contribution in [0.15, 0.2) is 56.7 Å². The zero-order valence-electron chi connectivity index (χ0n) is 10.4. The lowest BCUT2D eigenvalue weighted by Crippen LogP contribution is -2.05. The summed E-state index contributed by atoms with van der Waals surface area (Å²) in [7, 11) is 1.56. The first-order valence-corrected chi connectivity index (χ1v) is 7.20. The SMILES string of the molecule is COc1ccc(Sc2ccc(Br)c(C(F)(F)F)c2)cc1. The summed E-state index contributed by atoms with van der Waals surface area (Å²) in [5.41, 5.74) is -0.670. The van der Waals surface area contributed by atoms with E-state index in [1.165, 1.54) is 17.8 Å². The summed E-state index contributed by atoms with van der Waals surface area (Å²) in [6.07, 6.45) is -4.37. The molecule has 0 saturated carbocycles. The van der Waals surface area contributed by atoms with E-state index in [2.05, 4.69) is 15.9 Å². The van der Waals surface area contributed by atoms with E-state index in [9.17, 15) is 13.2 Å². The maximum absolute atomic E-state index is 12.8.